The fraction of sp³-hybridized carbons (Fsp3) is 0.320. The SMILES string of the molecule is CC(=O)NC(=Cc1ccc(C#N)cc1OCCNC(=O)C1CCN(c2ccncc2)CC1)C(=O)O. The van der Waals surface area contributed by atoms with Crippen molar-refractivity contribution in [1.29, 1.82) is 5.26 Å². The number of amides is 2. The van der Waals surface area contributed by atoms with E-state index in [1.807, 2.05) is 18.2 Å². The Hall–Kier alpha value is -4.39. The fourth-order valence-corrected chi connectivity index (χ4v) is 3.78. The number of carbonyl (C=O) groups is 3. The van der Waals surface area contributed by atoms with Gasteiger partial charge in [0, 0.05) is 49.6 Å². The second-order valence-electron chi connectivity index (χ2n) is 8.01. The second kappa shape index (κ2) is 12.2. The highest BCUT2D eigenvalue weighted by Crippen LogP contribution is 2.24. The number of nitrogens with one attached hydrogen (secondary N) is 2. The number of carboxylic acids is 1. The lowest BCUT2D eigenvalue weighted by Gasteiger charge is -2.32. The summed E-state index contributed by atoms with van der Waals surface area (Å²) < 4.78 is 5.75. The number of hydrogen-bond donors (Lipinski definition) is 3. The molecule has 3 rings (SSSR count). The van der Waals surface area contributed by atoms with Gasteiger partial charge in [-0.1, -0.05) is 0 Å². The van der Waals surface area contributed by atoms with E-state index in [1.54, 1.807) is 12.4 Å². The van der Waals surface area contributed by atoms with Crippen LogP contribution in [-0.2, 0) is 14.4 Å². The molecule has 1 aromatic heterocycles. The van der Waals surface area contributed by atoms with E-state index >= 15 is 0 Å². The molecule has 2 heterocycles. The molecule has 2 aromatic rings. The summed E-state index contributed by atoms with van der Waals surface area (Å²) in [6, 6.07) is 10.5. The molecule has 0 atom stereocenters. The Morgan fingerprint density at radius 2 is 1.94 bits per heavy atom. The van der Waals surface area contributed by atoms with Crippen LogP contribution in [0.4, 0.5) is 5.69 Å². The van der Waals surface area contributed by atoms with Crippen LogP contribution in [0.15, 0.2) is 48.4 Å². The molecule has 1 aliphatic rings. The maximum Gasteiger partial charge on any atom is 0.352 e. The molecule has 0 bridgehead atoms. The number of carbonyl (C=O) groups excluding carboxylic acids is 2. The molecule has 0 unspecified atom stereocenters. The number of benzene rings is 1. The number of aromatic nitrogens is 1. The minimum absolute atomic E-state index is 0.0345. The molecule has 10 heteroatoms. The number of piperidine rings is 1. The van der Waals surface area contributed by atoms with Crippen molar-refractivity contribution in [3.63, 3.8) is 0 Å². The zero-order chi connectivity index (χ0) is 25.2. The summed E-state index contributed by atoms with van der Waals surface area (Å²) in [5.41, 5.74) is 1.49. The average molecular weight is 478 g/mol. The number of nitrogens with zero attached hydrogens (tertiary/aromatic N) is 3. The fourth-order valence-electron chi connectivity index (χ4n) is 3.78. The van der Waals surface area contributed by atoms with Gasteiger partial charge in [0.2, 0.25) is 11.8 Å². The Labute approximate surface area is 203 Å². The molecule has 0 aliphatic carbocycles. The first-order valence-electron chi connectivity index (χ1n) is 11.2. The third kappa shape index (κ3) is 7.30. The Balaban J connectivity index is 1.54. The quantitative estimate of drug-likeness (QED) is 0.367. The molecular formula is C25H27N5O5. The molecule has 35 heavy (non-hydrogen) atoms. The average Bonchev–Trinajstić information content (AvgIpc) is 2.87. The molecule has 0 spiro atoms. The number of rotatable bonds is 9. The highest BCUT2D eigenvalue weighted by atomic mass is 16.5. The van der Waals surface area contributed by atoms with Crippen LogP contribution >= 0.6 is 0 Å². The van der Waals surface area contributed by atoms with E-state index in [0.717, 1.165) is 31.6 Å². The van der Waals surface area contributed by atoms with Crippen molar-refractivity contribution in [1.82, 2.24) is 15.6 Å². The molecule has 1 aromatic carbocycles. The lowest BCUT2D eigenvalue weighted by Crippen LogP contribution is -2.41. The van der Waals surface area contributed by atoms with Gasteiger partial charge in [-0.2, -0.15) is 5.26 Å². The van der Waals surface area contributed by atoms with Gasteiger partial charge >= 0.3 is 5.97 Å². The minimum Gasteiger partial charge on any atom is -0.491 e. The summed E-state index contributed by atoms with van der Waals surface area (Å²) in [5, 5.41) is 23.7. The van der Waals surface area contributed by atoms with Gasteiger partial charge in [-0.15, -0.1) is 0 Å². The van der Waals surface area contributed by atoms with Crippen molar-refractivity contribution < 1.29 is 24.2 Å². The largest absolute Gasteiger partial charge is 0.491 e. The first kappa shape index (κ1) is 25.2. The predicted molar refractivity (Wildman–Crippen MR) is 128 cm³/mol. The smallest absolute Gasteiger partial charge is 0.352 e. The molecule has 1 saturated heterocycles. The number of anilines is 1. The van der Waals surface area contributed by atoms with Crippen molar-refractivity contribution in [2.24, 2.45) is 5.92 Å². The van der Waals surface area contributed by atoms with Crippen LogP contribution in [0.1, 0.15) is 30.9 Å². The number of carboxylic acid groups (broad SMARTS) is 1. The number of hydrogen-bond acceptors (Lipinski definition) is 7. The van der Waals surface area contributed by atoms with Crippen LogP contribution in [0.2, 0.25) is 0 Å². The van der Waals surface area contributed by atoms with Crippen LogP contribution in [0.5, 0.6) is 5.75 Å². The highest BCUT2D eigenvalue weighted by Gasteiger charge is 2.24. The number of nitriles is 1. The first-order valence-corrected chi connectivity index (χ1v) is 11.2. The van der Waals surface area contributed by atoms with E-state index < -0.39 is 11.9 Å². The van der Waals surface area contributed by atoms with Crippen LogP contribution in [-0.4, -0.2) is 54.1 Å². The molecule has 3 N–H and O–H groups in total. The van der Waals surface area contributed by atoms with Crippen molar-refractivity contribution in [2.75, 3.05) is 31.1 Å². The Morgan fingerprint density at radius 1 is 1.23 bits per heavy atom. The van der Waals surface area contributed by atoms with Crippen molar-refractivity contribution in [3.05, 3.63) is 59.5 Å². The predicted octanol–water partition coefficient (Wildman–Crippen LogP) is 1.93. The van der Waals surface area contributed by atoms with Crippen LogP contribution < -0.4 is 20.3 Å². The topological polar surface area (TPSA) is 145 Å². The Bertz CT molecular complexity index is 1130. The lowest BCUT2D eigenvalue weighted by molar-refractivity contribution is -0.134. The number of ether oxygens (including phenoxy) is 1. The zero-order valence-corrected chi connectivity index (χ0v) is 19.4. The van der Waals surface area contributed by atoms with Crippen LogP contribution in [0.3, 0.4) is 0 Å². The van der Waals surface area contributed by atoms with E-state index in [9.17, 15) is 24.8 Å². The third-order valence-electron chi connectivity index (χ3n) is 5.54. The second-order valence-corrected chi connectivity index (χ2v) is 8.01. The maximum absolute atomic E-state index is 12.6. The van der Waals surface area contributed by atoms with Gasteiger partial charge in [0.1, 0.15) is 18.1 Å². The van der Waals surface area contributed by atoms with Gasteiger partial charge in [-0.25, -0.2) is 4.79 Å². The van der Waals surface area contributed by atoms with E-state index in [1.165, 1.54) is 31.2 Å². The van der Waals surface area contributed by atoms with Crippen molar-refractivity contribution in [2.45, 2.75) is 19.8 Å². The van der Waals surface area contributed by atoms with E-state index in [4.69, 9.17) is 4.74 Å². The van der Waals surface area contributed by atoms with E-state index in [2.05, 4.69) is 20.5 Å². The molecular weight excluding hydrogens is 450 g/mol. The summed E-state index contributed by atoms with van der Waals surface area (Å²) >= 11 is 0. The molecule has 0 radical (unpaired) electrons. The van der Waals surface area contributed by atoms with Gasteiger partial charge in [0.05, 0.1) is 18.2 Å². The van der Waals surface area contributed by atoms with Gasteiger partial charge in [0.15, 0.2) is 0 Å². The van der Waals surface area contributed by atoms with Gasteiger partial charge in [-0.3, -0.25) is 14.6 Å². The van der Waals surface area contributed by atoms with Gasteiger partial charge < -0.3 is 25.4 Å². The molecule has 1 aliphatic heterocycles. The maximum atomic E-state index is 12.6. The zero-order valence-electron chi connectivity index (χ0n) is 19.4. The lowest BCUT2D eigenvalue weighted by atomic mass is 9.95. The minimum atomic E-state index is -1.31. The van der Waals surface area contributed by atoms with Crippen molar-refractivity contribution >= 4 is 29.5 Å². The summed E-state index contributed by atoms with van der Waals surface area (Å²) in [4.78, 5) is 41.6. The van der Waals surface area contributed by atoms with Crippen LogP contribution in [0.25, 0.3) is 6.08 Å². The van der Waals surface area contributed by atoms with Gasteiger partial charge in [-0.05, 0) is 49.2 Å². The molecule has 1 fully saturated rings. The molecule has 0 saturated carbocycles. The summed E-state index contributed by atoms with van der Waals surface area (Å²) in [7, 11) is 0. The van der Waals surface area contributed by atoms with Crippen molar-refractivity contribution in [3.8, 4) is 11.8 Å². The molecule has 10 nitrogen and oxygen atoms in total. The first-order chi connectivity index (χ1) is 16.9. The monoisotopic (exact) mass is 477 g/mol. The normalized spacial score (nSPS) is 14.1. The standard InChI is InChI=1S/C25H27N5O5/c1-17(31)29-22(25(33)34)15-20-3-2-18(16-26)14-23(20)35-13-10-28-24(32)19-6-11-30(12-7-19)21-4-8-27-9-5-21/h2-5,8-9,14-15,19H,6-7,10-13H2,1H3,(H,28,32)(H,29,31)(H,33,34). The molecule has 182 valence electrons. The number of pyridine rings is 1. The summed E-state index contributed by atoms with van der Waals surface area (Å²) in [5.74, 6) is -1.67. The van der Waals surface area contributed by atoms with Crippen LogP contribution in [0, 0.1) is 17.2 Å². The van der Waals surface area contributed by atoms with E-state index in [-0.39, 0.29) is 36.4 Å². The number of aliphatic carboxylic acids is 1. The third-order valence-corrected chi connectivity index (χ3v) is 5.54. The highest BCUT2D eigenvalue weighted by molar-refractivity contribution is 5.96. The summed E-state index contributed by atoms with van der Waals surface area (Å²) in [6.07, 6.45) is 6.26. The van der Waals surface area contributed by atoms with E-state index in [0.29, 0.717) is 11.1 Å². The molecule has 2 amide bonds. The Morgan fingerprint density at radius 3 is 2.57 bits per heavy atom. The van der Waals surface area contributed by atoms with Gasteiger partial charge in [0.25, 0.3) is 0 Å². The Kier molecular flexibility index (Phi) is 8.78. The summed E-state index contributed by atoms with van der Waals surface area (Å²) in [6.45, 7) is 3.16.